The molecule has 3 heteroatoms. The minimum Gasteiger partial charge on any atom is -0.375 e. The minimum absolute atomic E-state index is 0.150. The Hall–Kier alpha value is -1.84. The summed E-state index contributed by atoms with van der Waals surface area (Å²) in [5.74, 6) is 0.219. The van der Waals surface area contributed by atoms with Crippen LogP contribution in [0.2, 0.25) is 0 Å². The average molecular weight is 318 g/mol. The van der Waals surface area contributed by atoms with Crippen LogP contribution in [0.1, 0.15) is 17.0 Å². The van der Waals surface area contributed by atoms with E-state index >= 15 is 0 Å². The highest BCUT2D eigenvalue weighted by Crippen LogP contribution is 2.36. The number of rotatable bonds is 4. The topological polar surface area (TPSA) is 12.5 Å². The number of benzene rings is 1. The average Bonchev–Trinajstić information content (AvgIpc) is 2.59. The number of ether oxygens (including phenoxy) is 1. The second kappa shape index (κ2) is 7.37. The molecule has 0 spiro atoms. The third kappa shape index (κ3) is 3.19. The second-order valence-electron chi connectivity index (χ2n) is 6.58. The van der Waals surface area contributed by atoms with Crippen LogP contribution in [0.25, 0.3) is 0 Å². The highest BCUT2D eigenvalue weighted by molar-refractivity contribution is 6.63. The normalized spacial score (nSPS) is 24.6. The van der Waals surface area contributed by atoms with E-state index in [4.69, 9.17) is 4.74 Å². The van der Waals surface area contributed by atoms with E-state index in [0.717, 1.165) is 19.7 Å². The Balaban J connectivity index is 2.13. The Kier molecular flexibility index (Phi) is 5.22. The molecular weight excluding hydrogens is 293 g/mol. The number of fused-ring (bicyclic) bond motifs is 1. The summed E-state index contributed by atoms with van der Waals surface area (Å²) in [5.41, 5.74) is 6.40. The molecule has 1 aromatic rings. The van der Waals surface area contributed by atoms with Crippen molar-refractivity contribution in [2.24, 2.45) is 0 Å². The van der Waals surface area contributed by atoms with Gasteiger partial charge >= 0.3 is 0 Å². The molecule has 0 amide bonds. The zero-order valence-corrected chi connectivity index (χ0v) is 14.7. The van der Waals surface area contributed by atoms with E-state index in [0.29, 0.717) is 0 Å². The van der Waals surface area contributed by atoms with Crippen molar-refractivity contribution in [3.63, 3.8) is 0 Å². The maximum Gasteiger partial charge on any atom is 0.192 e. The van der Waals surface area contributed by atoms with Gasteiger partial charge in [0.25, 0.3) is 0 Å². The third-order valence-electron chi connectivity index (χ3n) is 4.96. The number of likely N-dealkylation sites (N-methyl/N-ethyl adjacent to an activating group) is 1. The number of hydrogen-bond donors (Lipinski definition) is 0. The van der Waals surface area contributed by atoms with Crippen LogP contribution in [0.4, 0.5) is 0 Å². The second-order valence-corrected chi connectivity index (χ2v) is 6.58. The maximum absolute atomic E-state index is 6.20. The van der Waals surface area contributed by atoms with Crippen molar-refractivity contribution in [1.29, 1.82) is 0 Å². The van der Waals surface area contributed by atoms with Gasteiger partial charge in [0, 0.05) is 19.0 Å². The molecule has 1 aromatic carbocycles. The maximum atomic E-state index is 6.20. The lowest BCUT2D eigenvalue weighted by Crippen LogP contribution is -2.46. The molecule has 2 aliphatic rings. The first-order valence-corrected chi connectivity index (χ1v) is 8.55. The molecule has 0 N–H and O–H groups in total. The quantitative estimate of drug-likeness (QED) is 0.625. The molecule has 2 heterocycles. The predicted octanol–water partition coefficient (Wildman–Crippen LogP) is 2.93. The zero-order valence-electron chi connectivity index (χ0n) is 14.7. The van der Waals surface area contributed by atoms with Gasteiger partial charge in [0.2, 0.25) is 0 Å². The van der Waals surface area contributed by atoms with Crippen molar-refractivity contribution >= 4 is 12.7 Å². The van der Waals surface area contributed by atoms with Crippen LogP contribution in [-0.2, 0) is 4.74 Å². The van der Waals surface area contributed by atoms with Crippen LogP contribution in [-0.4, -0.2) is 45.0 Å². The predicted molar refractivity (Wildman–Crippen MR) is 103 cm³/mol. The molecule has 0 aliphatic carbocycles. The van der Waals surface area contributed by atoms with Crippen LogP contribution in [0.3, 0.4) is 0 Å². The largest absolute Gasteiger partial charge is 0.375 e. The Labute approximate surface area is 146 Å². The number of allylic oxidation sites excluding steroid dienone is 5. The summed E-state index contributed by atoms with van der Waals surface area (Å²) in [7, 11) is 4.42. The fourth-order valence-electron chi connectivity index (χ4n) is 3.72. The monoisotopic (exact) mass is 318 g/mol. The summed E-state index contributed by atoms with van der Waals surface area (Å²) >= 11 is 0. The van der Waals surface area contributed by atoms with Gasteiger partial charge in [0.05, 0.1) is 12.7 Å². The van der Waals surface area contributed by atoms with E-state index in [1.807, 2.05) is 18.2 Å². The van der Waals surface area contributed by atoms with Gasteiger partial charge in [-0.1, -0.05) is 72.2 Å². The Morgan fingerprint density at radius 3 is 2.88 bits per heavy atom. The lowest BCUT2D eigenvalue weighted by molar-refractivity contribution is -0.0274. The van der Waals surface area contributed by atoms with E-state index < -0.39 is 0 Å². The van der Waals surface area contributed by atoms with E-state index in [1.54, 1.807) is 0 Å². The Bertz CT molecular complexity index is 704. The van der Waals surface area contributed by atoms with Gasteiger partial charge in [-0.2, -0.15) is 0 Å². The van der Waals surface area contributed by atoms with Crippen LogP contribution in [0.15, 0.2) is 66.7 Å². The van der Waals surface area contributed by atoms with Gasteiger partial charge in [0.15, 0.2) is 7.28 Å². The SMILES string of the molecule is C=C/C=C\C1=C(C=C)[B]c2c(C)cccc2C1C1CN(C)CCO1. The smallest absolute Gasteiger partial charge is 0.192 e. The highest BCUT2D eigenvalue weighted by Gasteiger charge is 2.35. The number of aryl methyl sites for hydroxylation is 1. The number of hydrogen-bond acceptors (Lipinski definition) is 2. The van der Waals surface area contributed by atoms with Crippen LogP contribution in [0, 0.1) is 6.92 Å². The highest BCUT2D eigenvalue weighted by atomic mass is 16.5. The summed E-state index contributed by atoms with van der Waals surface area (Å²) in [5, 5.41) is 0. The molecule has 2 nitrogen and oxygen atoms in total. The molecule has 3 rings (SSSR count). The number of nitrogens with zero attached hydrogens (tertiary/aromatic N) is 1. The molecular formula is C21H25BNO. The van der Waals surface area contributed by atoms with Crippen molar-refractivity contribution < 1.29 is 4.74 Å². The lowest BCUT2D eigenvalue weighted by Gasteiger charge is -2.39. The summed E-state index contributed by atoms with van der Waals surface area (Å²) in [6, 6.07) is 6.56. The molecule has 0 bridgehead atoms. The molecule has 2 unspecified atom stereocenters. The van der Waals surface area contributed by atoms with Gasteiger partial charge in [-0.3, -0.25) is 0 Å². The van der Waals surface area contributed by atoms with Crippen molar-refractivity contribution in [2.45, 2.75) is 18.9 Å². The first kappa shape index (κ1) is 17.0. The molecule has 2 atom stereocenters. The molecule has 2 aliphatic heterocycles. The van der Waals surface area contributed by atoms with Crippen LogP contribution in [0.5, 0.6) is 0 Å². The molecule has 24 heavy (non-hydrogen) atoms. The first-order chi connectivity index (χ1) is 11.7. The van der Waals surface area contributed by atoms with Crippen molar-refractivity contribution in [1.82, 2.24) is 4.90 Å². The minimum atomic E-state index is 0.150. The van der Waals surface area contributed by atoms with Gasteiger partial charge in [-0.15, -0.1) is 0 Å². The van der Waals surface area contributed by atoms with Crippen molar-refractivity contribution in [3.8, 4) is 0 Å². The summed E-state index contributed by atoms with van der Waals surface area (Å²) in [6.07, 6.45) is 8.10. The standard InChI is InChI=1S/C21H25BNO/c1-5-7-10-16-18(6-2)22-21-15(3)9-8-11-17(21)20(16)19-14-23(4)12-13-24-19/h5-11,19-20H,1-2,12-14H2,3-4H3/b10-7-. The molecule has 123 valence electrons. The summed E-state index contributed by atoms with van der Waals surface area (Å²) in [6.45, 7) is 12.7. The number of morpholine rings is 1. The molecule has 0 saturated carbocycles. The summed E-state index contributed by atoms with van der Waals surface area (Å²) < 4.78 is 6.20. The fourth-order valence-corrected chi connectivity index (χ4v) is 3.72. The molecule has 1 radical (unpaired) electrons. The van der Waals surface area contributed by atoms with E-state index in [2.05, 4.69) is 63.6 Å². The Morgan fingerprint density at radius 2 is 2.17 bits per heavy atom. The molecule has 1 fully saturated rings. The molecule has 0 aromatic heterocycles. The molecule has 1 saturated heterocycles. The third-order valence-corrected chi connectivity index (χ3v) is 4.96. The zero-order chi connectivity index (χ0) is 17.1. The van der Waals surface area contributed by atoms with Gasteiger partial charge in [0.1, 0.15) is 0 Å². The lowest BCUT2D eigenvalue weighted by atomic mass is 9.52. The Morgan fingerprint density at radius 1 is 1.33 bits per heavy atom. The van der Waals surface area contributed by atoms with E-state index in [-0.39, 0.29) is 12.0 Å². The fraction of sp³-hybridized carbons (Fsp3) is 0.333. The van der Waals surface area contributed by atoms with Gasteiger partial charge in [-0.05, 0) is 25.1 Å². The summed E-state index contributed by atoms with van der Waals surface area (Å²) in [4.78, 5) is 2.35. The van der Waals surface area contributed by atoms with Gasteiger partial charge in [-0.25, -0.2) is 0 Å². The van der Waals surface area contributed by atoms with Crippen LogP contribution < -0.4 is 5.46 Å². The first-order valence-electron chi connectivity index (χ1n) is 8.55. The van der Waals surface area contributed by atoms with E-state index in [9.17, 15) is 0 Å². The van der Waals surface area contributed by atoms with Crippen molar-refractivity contribution in [3.05, 3.63) is 77.8 Å². The van der Waals surface area contributed by atoms with E-state index in [1.165, 1.54) is 27.6 Å². The van der Waals surface area contributed by atoms with Gasteiger partial charge < -0.3 is 9.64 Å². The van der Waals surface area contributed by atoms with Crippen molar-refractivity contribution in [2.75, 3.05) is 26.7 Å². The van der Waals surface area contributed by atoms with Crippen LogP contribution >= 0.6 is 0 Å².